The molecule has 0 amide bonds. The third-order valence-electron chi connectivity index (χ3n) is 14.0. The Balaban J connectivity index is 0.981. The molecule has 3 heterocycles. The van der Waals surface area contributed by atoms with Crippen LogP contribution in [0.25, 0.3) is 102 Å². The molecule has 0 radical (unpaired) electrons. The van der Waals surface area contributed by atoms with Gasteiger partial charge in [-0.2, -0.15) is 0 Å². The van der Waals surface area contributed by atoms with Crippen molar-refractivity contribution in [2.75, 3.05) is 0 Å². The van der Waals surface area contributed by atoms with Crippen molar-refractivity contribution in [1.29, 1.82) is 0 Å². The summed E-state index contributed by atoms with van der Waals surface area (Å²) in [6.45, 7) is 0. The third kappa shape index (κ3) is 9.83. The Bertz CT molecular complexity index is 3600. The Hall–Kier alpha value is -10.6. The maximum atomic E-state index is 5.10. The molecule has 0 spiro atoms. The van der Waals surface area contributed by atoms with E-state index < -0.39 is 8.07 Å². The number of nitrogens with zero attached hydrogens (tertiary/aromatic N) is 9. The molecule has 0 unspecified atom stereocenters. The molecular formula is C69H47N9Si. The molecule has 0 atom stereocenters. The van der Waals surface area contributed by atoms with Gasteiger partial charge in [-0.25, -0.2) is 44.9 Å². The number of benzene rings is 10. The Morgan fingerprint density at radius 1 is 0.139 bits per heavy atom. The molecule has 10 aromatic carbocycles. The molecule has 0 N–H and O–H groups in total. The van der Waals surface area contributed by atoms with Gasteiger partial charge in [-0.3, -0.25) is 0 Å². The van der Waals surface area contributed by atoms with Gasteiger partial charge >= 0.3 is 0 Å². The summed E-state index contributed by atoms with van der Waals surface area (Å²) >= 11 is 0. The van der Waals surface area contributed by atoms with Crippen LogP contribution >= 0.6 is 0 Å². The van der Waals surface area contributed by atoms with E-state index >= 15 is 0 Å². The van der Waals surface area contributed by atoms with Crippen LogP contribution in [-0.2, 0) is 0 Å². The Kier molecular flexibility index (Phi) is 13.1. The van der Waals surface area contributed by atoms with Gasteiger partial charge in [-0.1, -0.05) is 285 Å². The molecular weight excluding hydrogens is 983 g/mol. The molecule has 79 heavy (non-hydrogen) atoms. The van der Waals surface area contributed by atoms with E-state index in [9.17, 15) is 0 Å². The lowest BCUT2D eigenvalue weighted by Crippen LogP contribution is -2.74. The van der Waals surface area contributed by atoms with Crippen LogP contribution in [0.1, 0.15) is 0 Å². The molecule has 0 aliphatic heterocycles. The van der Waals surface area contributed by atoms with E-state index in [1.54, 1.807) is 0 Å². The predicted octanol–water partition coefficient (Wildman–Crippen LogP) is 12.6. The Morgan fingerprint density at radius 3 is 0.456 bits per heavy atom. The first-order chi connectivity index (χ1) is 39.1. The highest BCUT2D eigenvalue weighted by molar-refractivity contribution is 7.19. The topological polar surface area (TPSA) is 116 Å². The van der Waals surface area contributed by atoms with Crippen LogP contribution in [0.2, 0.25) is 0 Å². The maximum absolute atomic E-state index is 5.10. The van der Waals surface area contributed by atoms with E-state index in [0.29, 0.717) is 52.4 Å². The fraction of sp³-hybridized carbons (Fsp3) is 0. The van der Waals surface area contributed by atoms with Gasteiger partial charge in [-0.15, -0.1) is 0 Å². The van der Waals surface area contributed by atoms with Gasteiger partial charge in [0.05, 0.1) is 0 Å². The molecule has 0 aliphatic carbocycles. The van der Waals surface area contributed by atoms with Gasteiger partial charge < -0.3 is 0 Å². The lowest BCUT2D eigenvalue weighted by Gasteiger charge is -2.34. The van der Waals surface area contributed by atoms with Gasteiger partial charge in [0, 0.05) is 50.1 Å². The second-order valence-corrected chi connectivity index (χ2v) is 22.8. The second-order valence-electron chi connectivity index (χ2n) is 19.0. The van der Waals surface area contributed by atoms with E-state index in [-0.39, 0.29) is 0 Å². The smallest absolute Gasteiger partial charge is 0.179 e. The number of aromatic nitrogens is 9. The highest BCUT2D eigenvalue weighted by Gasteiger charge is 2.41. The summed E-state index contributed by atoms with van der Waals surface area (Å²) in [5.41, 5.74) is 8.10. The van der Waals surface area contributed by atoms with Crippen LogP contribution in [-0.4, -0.2) is 52.9 Å². The summed E-state index contributed by atoms with van der Waals surface area (Å²) in [6.07, 6.45) is 0. The largest absolute Gasteiger partial charge is 0.208 e. The molecule has 0 fully saturated rings. The monoisotopic (exact) mass is 1030 g/mol. The zero-order chi connectivity index (χ0) is 52.8. The van der Waals surface area contributed by atoms with Gasteiger partial charge in [0.2, 0.25) is 0 Å². The lowest BCUT2D eigenvalue weighted by atomic mass is 10.1. The number of hydrogen-bond acceptors (Lipinski definition) is 9. The summed E-state index contributed by atoms with van der Waals surface area (Å²) in [6, 6.07) is 97.8. The average Bonchev–Trinajstić information content (AvgIpc) is 3.74. The fourth-order valence-corrected chi connectivity index (χ4v) is 14.8. The van der Waals surface area contributed by atoms with Gasteiger partial charge in [0.15, 0.2) is 60.5 Å². The van der Waals surface area contributed by atoms with E-state index in [1.807, 2.05) is 182 Å². The third-order valence-corrected chi connectivity index (χ3v) is 18.8. The molecule has 3 aromatic heterocycles. The Morgan fingerprint density at radius 2 is 0.278 bits per heavy atom. The van der Waals surface area contributed by atoms with Crippen molar-refractivity contribution in [3.8, 4) is 102 Å². The van der Waals surface area contributed by atoms with Crippen molar-refractivity contribution in [3.63, 3.8) is 0 Å². The summed E-state index contributed by atoms with van der Waals surface area (Å²) in [7, 11) is -3.21. The second kappa shape index (κ2) is 21.6. The van der Waals surface area contributed by atoms with E-state index in [2.05, 4.69) is 103 Å². The first kappa shape index (κ1) is 48.1. The minimum Gasteiger partial charge on any atom is -0.208 e. The van der Waals surface area contributed by atoms with Crippen molar-refractivity contribution in [2.24, 2.45) is 0 Å². The summed E-state index contributed by atoms with van der Waals surface area (Å²) in [4.78, 5) is 45.5. The normalized spacial score (nSPS) is 11.3. The van der Waals surface area contributed by atoms with E-state index in [0.717, 1.165) is 50.1 Å². The molecule has 0 saturated carbocycles. The number of rotatable bonds is 13. The van der Waals surface area contributed by atoms with Gasteiger partial charge in [0.25, 0.3) is 0 Å². The van der Waals surface area contributed by atoms with Crippen molar-refractivity contribution in [3.05, 3.63) is 285 Å². The van der Waals surface area contributed by atoms with Crippen LogP contribution in [0.15, 0.2) is 285 Å². The predicted molar refractivity (Wildman–Crippen MR) is 319 cm³/mol. The van der Waals surface area contributed by atoms with Crippen LogP contribution in [0.4, 0.5) is 0 Å². The first-order valence-electron chi connectivity index (χ1n) is 26.1. The molecule has 13 aromatic rings. The maximum Gasteiger partial charge on any atom is 0.179 e. The zero-order valence-corrected chi connectivity index (χ0v) is 43.7. The molecule has 9 nitrogen and oxygen atoms in total. The standard InChI is InChI=1S/C69H47N9Si/c1-8-22-48(23-9-1)61-70-62(49-24-10-2-11-25-49)74-67(73-61)54-36-42-58(43-37-54)79(57-34-20-7-21-35-57,59-44-38-55(39-45-59)68-75-63(50-26-12-3-13-27-50)71-64(76-68)51-28-14-4-15-29-51)60-46-40-56(41-47-60)69-77-65(52-30-16-5-17-31-52)72-66(78-69)53-32-18-6-19-33-53/h1-47H. The first-order valence-corrected chi connectivity index (χ1v) is 28.1. The molecule has 13 rings (SSSR count). The highest BCUT2D eigenvalue weighted by Crippen LogP contribution is 2.29. The van der Waals surface area contributed by atoms with Crippen molar-refractivity contribution in [1.82, 2.24) is 44.9 Å². The van der Waals surface area contributed by atoms with Crippen LogP contribution < -0.4 is 20.7 Å². The van der Waals surface area contributed by atoms with Crippen LogP contribution in [0.3, 0.4) is 0 Å². The van der Waals surface area contributed by atoms with Crippen LogP contribution in [0, 0.1) is 0 Å². The lowest BCUT2D eigenvalue weighted by molar-refractivity contribution is 1.07. The minimum atomic E-state index is -3.21. The molecule has 372 valence electrons. The summed E-state index contributed by atoms with van der Waals surface area (Å²) in [5, 5.41) is 4.70. The van der Waals surface area contributed by atoms with Gasteiger partial charge in [-0.05, 0) is 20.7 Å². The van der Waals surface area contributed by atoms with E-state index in [4.69, 9.17) is 44.9 Å². The van der Waals surface area contributed by atoms with E-state index in [1.165, 1.54) is 20.7 Å². The summed E-state index contributed by atoms with van der Waals surface area (Å²) < 4.78 is 0. The van der Waals surface area contributed by atoms with Crippen molar-refractivity contribution in [2.45, 2.75) is 0 Å². The van der Waals surface area contributed by atoms with Crippen LogP contribution in [0.5, 0.6) is 0 Å². The molecule has 10 heteroatoms. The fourth-order valence-electron chi connectivity index (χ4n) is 10.1. The highest BCUT2D eigenvalue weighted by atomic mass is 28.3. The minimum absolute atomic E-state index is 0.587. The van der Waals surface area contributed by atoms with Gasteiger partial charge in [0.1, 0.15) is 0 Å². The van der Waals surface area contributed by atoms with Crippen molar-refractivity contribution >= 4 is 28.8 Å². The molecule has 0 saturated heterocycles. The quantitative estimate of drug-likeness (QED) is 0.0822. The average molecular weight is 1030 g/mol. The molecule has 0 aliphatic rings. The summed E-state index contributed by atoms with van der Waals surface area (Å²) in [5.74, 6) is 5.41. The number of hydrogen-bond donors (Lipinski definition) is 0. The SMILES string of the molecule is c1ccc(-c2nc(-c3ccccc3)nc(-c3ccc([Si](c4ccccc4)(c4ccc(-c5nc(-c6ccccc6)nc(-c6ccccc6)n5)cc4)c4ccc(-c5nc(-c6ccccc6)nc(-c6ccccc6)n5)cc4)cc3)n2)cc1. The van der Waals surface area contributed by atoms with Crippen molar-refractivity contribution < 1.29 is 0 Å². The Labute approximate surface area is 458 Å². The molecule has 0 bridgehead atoms. The zero-order valence-electron chi connectivity index (χ0n) is 42.7.